The average Bonchev–Trinajstić information content (AvgIpc) is 3.04. The van der Waals surface area contributed by atoms with Crippen LogP contribution in [0.15, 0.2) is 42.5 Å². The normalized spacial score (nSPS) is 21.9. The molecule has 5 rings (SSSR count). The highest BCUT2D eigenvalue weighted by molar-refractivity contribution is 5.65. The maximum atomic E-state index is 15.3. The molecule has 0 saturated heterocycles. The molecule has 0 aliphatic heterocycles. The highest BCUT2D eigenvalue weighted by Gasteiger charge is 2.48. The third-order valence-electron chi connectivity index (χ3n) is 10.5. The lowest BCUT2D eigenvalue weighted by Crippen LogP contribution is -2.28. The van der Waals surface area contributed by atoms with Crippen molar-refractivity contribution in [2.75, 3.05) is 0 Å². The van der Waals surface area contributed by atoms with E-state index in [1.165, 1.54) is 63.5 Å². The molecule has 50 heavy (non-hydrogen) atoms. The fourth-order valence-electron chi connectivity index (χ4n) is 7.82. The molecule has 0 atom stereocenters. The number of benzene rings is 3. The van der Waals surface area contributed by atoms with E-state index < -0.39 is 70.0 Å². The van der Waals surface area contributed by atoms with Gasteiger partial charge in [-0.05, 0) is 91.5 Å². The quantitative estimate of drug-likeness (QED) is 0.134. The van der Waals surface area contributed by atoms with Crippen LogP contribution in [-0.2, 0) is 12.0 Å². The van der Waals surface area contributed by atoms with Gasteiger partial charge in [-0.1, -0.05) is 57.6 Å². The molecule has 0 bridgehead atoms. The van der Waals surface area contributed by atoms with Crippen LogP contribution in [0.25, 0.3) is 11.1 Å². The van der Waals surface area contributed by atoms with Crippen LogP contribution in [0.2, 0.25) is 0 Å². The van der Waals surface area contributed by atoms with Crippen molar-refractivity contribution in [2.24, 2.45) is 17.8 Å². The van der Waals surface area contributed by atoms with E-state index in [1.807, 2.05) is 0 Å². The van der Waals surface area contributed by atoms with Crippen LogP contribution >= 0.6 is 0 Å². The van der Waals surface area contributed by atoms with Crippen molar-refractivity contribution in [3.8, 4) is 16.9 Å². The highest BCUT2D eigenvalue weighted by Crippen LogP contribution is 2.46. The van der Waals surface area contributed by atoms with Crippen LogP contribution in [0.5, 0.6) is 5.75 Å². The molecule has 0 aromatic heterocycles. The van der Waals surface area contributed by atoms with Crippen LogP contribution in [0, 0.1) is 46.8 Å². The molecular weight excluding hydrogens is 681 g/mol. The first-order valence-corrected chi connectivity index (χ1v) is 17.1. The summed E-state index contributed by atoms with van der Waals surface area (Å²) in [5.41, 5.74) is -4.34. The molecule has 0 heterocycles. The number of hydrogen-bond acceptors (Lipinski definition) is 1. The van der Waals surface area contributed by atoms with E-state index in [0.29, 0.717) is 18.1 Å². The average molecular weight is 721 g/mol. The van der Waals surface area contributed by atoms with Crippen molar-refractivity contribution in [3.05, 3.63) is 88.2 Å². The molecule has 274 valence electrons. The summed E-state index contributed by atoms with van der Waals surface area (Å²) in [5.74, 6) is -13.8. The van der Waals surface area contributed by atoms with Gasteiger partial charge < -0.3 is 4.74 Å². The number of ether oxygens (including phenoxy) is 1. The van der Waals surface area contributed by atoms with Gasteiger partial charge in [0, 0.05) is 17.7 Å². The molecule has 0 radical (unpaired) electrons. The molecule has 2 fully saturated rings. The van der Waals surface area contributed by atoms with Gasteiger partial charge in [-0.2, -0.15) is 17.6 Å². The summed E-state index contributed by atoms with van der Waals surface area (Å²) in [5, 5.41) is 0. The van der Waals surface area contributed by atoms with Crippen LogP contribution < -0.4 is 4.74 Å². The van der Waals surface area contributed by atoms with Gasteiger partial charge in [-0.15, -0.1) is 0 Å². The Morgan fingerprint density at radius 1 is 0.660 bits per heavy atom. The van der Waals surface area contributed by atoms with Crippen molar-refractivity contribution in [2.45, 2.75) is 108 Å². The lowest BCUT2D eigenvalue weighted by molar-refractivity contribution is -0.189. The second kappa shape index (κ2) is 15.5. The molecular formula is C38H39F11O. The molecule has 0 unspecified atom stereocenters. The lowest BCUT2D eigenvalue weighted by Gasteiger charge is -2.38. The van der Waals surface area contributed by atoms with Crippen molar-refractivity contribution in [1.29, 1.82) is 0 Å². The molecule has 3 aromatic carbocycles. The van der Waals surface area contributed by atoms with E-state index in [-0.39, 0.29) is 23.6 Å². The van der Waals surface area contributed by atoms with Gasteiger partial charge in [0.1, 0.15) is 40.4 Å². The van der Waals surface area contributed by atoms with Gasteiger partial charge in [-0.3, -0.25) is 0 Å². The maximum absolute atomic E-state index is 15.3. The van der Waals surface area contributed by atoms with Gasteiger partial charge in [-0.25, -0.2) is 30.7 Å². The summed E-state index contributed by atoms with van der Waals surface area (Å²) in [6.45, 7) is 2.22. The van der Waals surface area contributed by atoms with Crippen molar-refractivity contribution in [3.63, 3.8) is 0 Å². The van der Waals surface area contributed by atoms with Crippen molar-refractivity contribution in [1.82, 2.24) is 0 Å². The monoisotopic (exact) mass is 720 g/mol. The number of unbranched alkanes of at least 4 members (excludes halogenated alkanes) is 2. The zero-order valence-corrected chi connectivity index (χ0v) is 27.5. The molecule has 3 aromatic rings. The van der Waals surface area contributed by atoms with Crippen molar-refractivity contribution < 1.29 is 53.0 Å². The Bertz CT molecular complexity index is 1580. The largest absolute Gasteiger partial charge is 0.432 e. The topological polar surface area (TPSA) is 9.23 Å². The van der Waals surface area contributed by atoms with Crippen molar-refractivity contribution >= 4 is 0 Å². The number of rotatable bonds is 12. The molecule has 2 aliphatic carbocycles. The zero-order valence-electron chi connectivity index (χ0n) is 27.5. The van der Waals surface area contributed by atoms with E-state index in [2.05, 4.69) is 11.7 Å². The minimum Gasteiger partial charge on any atom is -0.429 e. The smallest absolute Gasteiger partial charge is 0.429 e. The predicted octanol–water partition coefficient (Wildman–Crippen LogP) is 13.2. The van der Waals surface area contributed by atoms with Crippen LogP contribution in [-0.4, -0.2) is 6.43 Å². The Morgan fingerprint density at radius 2 is 1.20 bits per heavy atom. The Hall–Kier alpha value is -3.31. The van der Waals surface area contributed by atoms with Crippen LogP contribution in [0.3, 0.4) is 0 Å². The van der Waals surface area contributed by atoms with E-state index in [9.17, 15) is 43.9 Å². The fourth-order valence-corrected chi connectivity index (χ4v) is 7.82. The molecule has 2 aliphatic rings. The Labute approximate surface area is 284 Å². The summed E-state index contributed by atoms with van der Waals surface area (Å²) in [4.78, 5) is 0. The van der Waals surface area contributed by atoms with Gasteiger partial charge in [0.05, 0.1) is 5.56 Å². The molecule has 12 heteroatoms. The minimum absolute atomic E-state index is 0.109. The summed E-state index contributed by atoms with van der Waals surface area (Å²) in [7, 11) is 0. The standard InChI is InChI=1S/C38H39F11O/c1-2-3-4-5-21-6-8-22(9-7-21)23-10-12-24(13-11-23)25-14-15-28(29(39)16-25)26-17-30(40)35(31(41)18-26)38(48,49)50-27-19-32(42)34(33(43)20-27)37(46,47)36(44)45/h14-24,36H,2-13H2,1H3. The molecule has 0 spiro atoms. The van der Waals surface area contributed by atoms with Gasteiger partial charge >= 0.3 is 18.5 Å². The fraction of sp³-hybridized carbons (Fsp3) is 0.526. The van der Waals surface area contributed by atoms with E-state index in [0.717, 1.165) is 43.1 Å². The number of hydrogen-bond donors (Lipinski definition) is 0. The summed E-state index contributed by atoms with van der Waals surface area (Å²) < 4.78 is 160. The third kappa shape index (κ3) is 8.25. The summed E-state index contributed by atoms with van der Waals surface area (Å²) >= 11 is 0. The van der Waals surface area contributed by atoms with E-state index in [1.54, 1.807) is 6.07 Å². The van der Waals surface area contributed by atoms with Crippen LogP contribution in [0.1, 0.15) is 107 Å². The predicted molar refractivity (Wildman–Crippen MR) is 167 cm³/mol. The van der Waals surface area contributed by atoms with Gasteiger partial charge in [0.25, 0.3) is 0 Å². The highest BCUT2D eigenvalue weighted by atomic mass is 19.3. The summed E-state index contributed by atoms with van der Waals surface area (Å²) in [6.07, 6.45) is 4.60. The van der Waals surface area contributed by atoms with Gasteiger partial charge in [0.2, 0.25) is 0 Å². The first-order valence-electron chi connectivity index (χ1n) is 17.1. The Balaban J connectivity index is 1.24. The summed E-state index contributed by atoms with van der Waals surface area (Å²) in [6, 6.07) is 4.65. The first-order chi connectivity index (χ1) is 23.6. The number of alkyl halides is 6. The molecule has 1 nitrogen and oxygen atoms in total. The second-order valence-corrected chi connectivity index (χ2v) is 13.7. The molecule has 2 saturated carbocycles. The van der Waals surface area contributed by atoms with E-state index >= 15 is 4.39 Å². The maximum Gasteiger partial charge on any atom is 0.432 e. The second-order valence-electron chi connectivity index (χ2n) is 13.7. The molecule has 0 amide bonds. The third-order valence-corrected chi connectivity index (χ3v) is 10.5. The molecule has 0 N–H and O–H groups in total. The van der Waals surface area contributed by atoms with Gasteiger partial charge in [0.15, 0.2) is 0 Å². The minimum atomic E-state index is -5.30. The van der Waals surface area contributed by atoms with E-state index in [4.69, 9.17) is 0 Å². The SMILES string of the molecule is CCCCCC1CCC(C2CCC(c3ccc(-c4cc(F)c(C(F)(F)Oc5cc(F)c(C(F)(F)C(F)F)c(F)c5)c(F)c4)c(F)c3)CC2)CC1. The first kappa shape index (κ1) is 37.9. The number of halogens is 11. The Kier molecular flexibility index (Phi) is 11.8. The lowest BCUT2D eigenvalue weighted by atomic mass is 9.68. The Morgan fingerprint density at radius 3 is 1.72 bits per heavy atom. The van der Waals surface area contributed by atoms with Crippen LogP contribution in [0.4, 0.5) is 48.3 Å². The zero-order chi connectivity index (χ0) is 36.4.